The molecule has 0 saturated heterocycles. The van der Waals surface area contributed by atoms with Gasteiger partial charge < -0.3 is 10.4 Å². The molecule has 6 heteroatoms. The predicted octanol–water partition coefficient (Wildman–Crippen LogP) is -0.587. The number of nitrogens with zero attached hydrogens (tertiary/aromatic N) is 3. The van der Waals surface area contributed by atoms with Gasteiger partial charge in [-0.05, 0) is 0 Å². The number of carbonyl (C=O) groups excluding carboxylic acids is 1. The highest BCUT2D eigenvalue weighted by Crippen LogP contribution is 2.10. The van der Waals surface area contributed by atoms with E-state index in [2.05, 4.69) is 15.4 Å². The lowest BCUT2D eigenvalue weighted by atomic mass is 9.95. The third-order valence-corrected chi connectivity index (χ3v) is 1.96. The molecule has 1 heterocycles. The molecule has 0 saturated carbocycles. The molecule has 0 aliphatic carbocycles. The fourth-order valence-electron chi connectivity index (χ4n) is 0.911. The highest BCUT2D eigenvalue weighted by atomic mass is 16.3. The van der Waals surface area contributed by atoms with Crippen molar-refractivity contribution in [3.8, 4) is 0 Å². The van der Waals surface area contributed by atoms with Crippen molar-refractivity contribution in [1.82, 2.24) is 20.1 Å². The van der Waals surface area contributed by atoms with Crippen molar-refractivity contribution in [3.63, 3.8) is 0 Å². The molecule has 0 aromatic carbocycles. The number of nitrogens with one attached hydrogen (secondary N) is 1. The van der Waals surface area contributed by atoms with Crippen LogP contribution in [0.5, 0.6) is 0 Å². The predicted molar refractivity (Wildman–Crippen MR) is 53.9 cm³/mol. The Bertz CT molecular complexity index is 308. The summed E-state index contributed by atoms with van der Waals surface area (Å²) in [6.45, 7) is 4.39. The first-order valence-corrected chi connectivity index (χ1v) is 4.73. The molecule has 0 spiro atoms. The van der Waals surface area contributed by atoms with Gasteiger partial charge in [0.05, 0.1) is 0 Å². The van der Waals surface area contributed by atoms with Gasteiger partial charge in [0.25, 0.3) is 0 Å². The summed E-state index contributed by atoms with van der Waals surface area (Å²) < 4.78 is 1.45. The SMILES string of the molecule is CC(C)(CO)CNC(=O)Cn1cncn1. The number of hydrogen-bond acceptors (Lipinski definition) is 4. The number of aromatic nitrogens is 3. The minimum atomic E-state index is -0.294. The number of rotatable bonds is 5. The Morgan fingerprint density at radius 2 is 2.33 bits per heavy atom. The quantitative estimate of drug-likeness (QED) is 0.684. The van der Waals surface area contributed by atoms with Crippen LogP contribution in [0.1, 0.15) is 13.8 Å². The standard InChI is InChI=1S/C9H16N4O2/c1-9(2,5-14)4-11-8(15)3-13-7-10-6-12-13/h6-7,14H,3-5H2,1-2H3,(H,11,15). The van der Waals surface area contributed by atoms with E-state index in [0.29, 0.717) is 6.54 Å². The summed E-state index contributed by atoms with van der Waals surface area (Å²) in [7, 11) is 0. The van der Waals surface area contributed by atoms with Gasteiger partial charge in [-0.1, -0.05) is 13.8 Å². The second kappa shape index (κ2) is 4.88. The van der Waals surface area contributed by atoms with Gasteiger partial charge in [-0.3, -0.25) is 4.79 Å². The molecule has 0 radical (unpaired) electrons. The third kappa shape index (κ3) is 4.07. The lowest BCUT2D eigenvalue weighted by molar-refractivity contribution is -0.122. The molecule has 0 unspecified atom stereocenters. The van der Waals surface area contributed by atoms with Crippen molar-refractivity contribution in [1.29, 1.82) is 0 Å². The van der Waals surface area contributed by atoms with Crippen LogP contribution in [0, 0.1) is 5.41 Å². The summed E-state index contributed by atoms with van der Waals surface area (Å²) >= 11 is 0. The van der Waals surface area contributed by atoms with E-state index in [0.717, 1.165) is 0 Å². The van der Waals surface area contributed by atoms with Crippen molar-refractivity contribution < 1.29 is 9.90 Å². The van der Waals surface area contributed by atoms with Gasteiger partial charge in [0, 0.05) is 18.6 Å². The van der Waals surface area contributed by atoms with Crippen molar-refractivity contribution in [2.45, 2.75) is 20.4 Å². The monoisotopic (exact) mass is 212 g/mol. The van der Waals surface area contributed by atoms with Gasteiger partial charge in [-0.15, -0.1) is 0 Å². The zero-order chi connectivity index (χ0) is 11.3. The second-order valence-electron chi connectivity index (χ2n) is 4.19. The Morgan fingerprint density at radius 1 is 1.60 bits per heavy atom. The zero-order valence-electron chi connectivity index (χ0n) is 8.97. The van der Waals surface area contributed by atoms with Crippen LogP contribution in [-0.2, 0) is 11.3 Å². The Balaban J connectivity index is 2.31. The van der Waals surface area contributed by atoms with Crippen LogP contribution < -0.4 is 5.32 Å². The highest BCUT2D eigenvalue weighted by molar-refractivity contribution is 5.75. The van der Waals surface area contributed by atoms with Crippen LogP contribution in [0.2, 0.25) is 0 Å². The molecule has 0 aliphatic heterocycles. The van der Waals surface area contributed by atoms with E-state index in [4.69, 9.17) is 5.11 Å². The fourth-order valence-corrected chi connectivity index (χ4v) is 0.911. The van der Waals surface area contributed by atoms with Crippen LogP contribution >= 0.6 is 0 Å². The van der Waals surface area contributed by atoms with E-state index in [1.54, 1.807) is 0 Å². The number of amides is 1. The molecule has 6 nitrogen and oxygen atoms in total. The van der Waals surface area contributed by atoms with Gasteiger partial charge in [-0.25, -0.2) is 9.67 Å². The number of aliphatic hydroxyl groups is 1. The lowest BCUT2D eigenvalue weighted by Crippen LogP contribution is -2.37. The first-order valence-electron chi connectivity index (χ1n) is 4.73. The molecule has 15 heavy (non-hydrogen) atoms. The largest absolute Gasteiger partial charge is 0.396 e. The number of hydrogen-bond donors (Lipinski definition) is 2. The fraction of sp³-hybridized carbons (Fsp3) is 0.667. The number of carbonyl (C=O) groups is 1. The molecule has 1 amide bonds. The van der Waals surface area contributed by atoms with Crippen molar-refractivity contribution in [2.24, 2.45) is 5.41 Å². The van der Waals surface area contributed by atoms with Gasteiger partial charge in [0.1, 0.15) is 19.2 Å². The maximum atomic E-state index is 11.4. The average molecular weight is 212 g/mol. The third-order valence-electron chi connectivity index (χ3n) is 1.96. The molecule has 0 atom stereocenters. The summed E-state index contributed by atoms with van der Waals surface area (Å²) in [6.07, 6.45) is 2.86. The summed E-state index contributed by atoms with van der Waals surface area (Å²) in [6, 6.07) is 0. The molecule has 0 aliphatic rings. The van der Waals surface area contributed by atoms with E-state index in [9.17, 15) is 4.79 Å². The Morgan fingerprint density at radius 3 is 2.87 bits per heavy atom. The average Bonchev–Trinajstić information content (AvgIpc) is 2.68. The van der Waals surface area contributed by atoms with Crippen molar-refractivity contribution in [3.05, 3.63) is 12.7 Å². The van der Waals surface area contributed by atoms with Crippen LogP contribution in [0.15, 0.2) is 12.7 Å². The van der Waals surface area contributed by atoms with Crippen LogP contribution in [0.25, 0.3) is 0 Å². The van der Waals surface area contributed by atoms with Crippen LogP contribution in [0.4, 0.5) is 0 Å². The molecule has 0 bridgehead atoms. The Labute approximate surface area is 88.3 Å². The normalized spacial score (nSPS) is 11.4. The maximum absolute atomic E-state index is 11.4. The molecule has 84 valence electrons. The summed E-state index contributed by atoms with van der Waals surface area (Å²) in [5, 5.41) is 15.5. The summed E-state index contributed by atoms with van der Waals surface area (Å²) in [4.78, 5) is 15.1. The molecular weight excluding hydrogens is 196 g/mol. The number of aliphatic hydroxyl groups excluding tert-OH is 1. The van der Waals surface area contributed by atoms with E-state index < -0.39 is 0 Å². The van der Waals surface area contributed by atoms with Crippen LogP contribution in [0.3, 0.4) is 0 Å². The van der Waals surface area contributed by atoms with Gasteiger partial charge in [0.2, 0.25) is 5.91 Å². The zero-order valence-corrected chi connectivity index (χ0v) is 8.97. The van der Waals surface area contributed by atoms with Gasteiger partial charge >= 0.3 is 0 Å². The smallest absolute Gasteiger partial charge is 0.241 e. The molecule has 1 aromatic heterocycles. The molecule has 0 fully saturated rings. The topological polar surface area (TPSA) is 80.0 Å². The minimum absolute atomic E-state index is 0.0383. The van der Waals surface area contributed by atoms with Gasteiger partial charge in [0.15, 0.2) is 0 Å². The van der Waals surface area contributed by atoms with Crippen molar-refractivity contribution in [2.75, 3.05) is 13.2 Å². The van der Waals surface area contributed by atoms with E-state index in [-0.39, 0.29) is 24.5 Å². The van der Waals surface area contributed by atoms with E-state index >= 15 is 0 Å². The summed E-state index contributed by atoms with van der Waals surface area (Å²) in [5.41, 5.74) is -0.294. The molecular formula is C9H16N4O2. The minimum Gasteiger partial charge on any atom is -0.396 e. The van der Waals surface area contributed by atoms with E-state index in [1.165, 1.54) is 17.3 Å². The molecule has 2 N–H and O–H groups in total. The Kier molecular flexibility index (Phi) is 3.79. The molecule has 1 aromatic rings. The van der Waals surface area contributed by atoms with Crippen molar-refractivity contribution >= 4 is 5.91 Å². The first kappa shape index (κ1) is 11.6. The Hall–Kier alpha value is -1.43. The van der Waals surface area contributed by atoms with Crippen LogP contribution in [-0.4, -0.2) is 38.9 Å². The van der Waals surface area contributed by atoms with E-state index in [1.807, 2.05) is 13.8 Å². The highest BCUT2D eigenvalue weighted by Gasteiger charge is 2.17. The van der Waals surface area contributed by atoms with Gasteiger partial charge in [-0.2, -0.15) is 5.10 Å². The second-order valence-corrected chi connectivity index (χ2v) is 4.19. The molecule has 1 rings (SSSR count). The maximum Gasteiger partial charge on any atom is 0.241 e. The first-order chi connectivity index (χ1) is 7.03. The lowest BCUT2D eigenvalue weighted by Gasteiger charge is -2.21. The summed E-state index contributed by atoms with van der Waals surface area (Å²) in [5.74, 6) is -0.137.